The van der Waals surface area contributed by atoms with Gasteiger partial charge in [0.05, 0.1) is 22.8 Å². The molecule has 1 aromatic heterocycles. The molecule has 1 unspecified atom stereocenters. The van der Waals surface area contributed by atoms with E-state index >= 15 is 0 Å². The predicted molar refractivity (Wildman–Crippen MR) is 103 cm³/mol. The lowest BCUT2D eigenvalue weighted by Crippen LogP contribution is -2.39. The smallest absolute Gasteiger partial charge is 0.163 e. The molecule has 4 rings (SSSR count). The molecule has 0 N–H and O–H groups in total. The molecule has 0 saturated heterocycles. The number of fused-ring (bicyclic) bond motifs is 1. The van der Waals surface area contributed by atoms with E-state index in [-0.39, 0.29) is 6.04 Å². The number of rotatable bonds is 5. The number of hydrogen-bond donors (Lipinski definition) is 0. The van der Waals surface area contributed by atoms with E-state index in [0.717, 1.165) is 30.2 Å². The normalized spacial score (nSPS) is 19.7. The minimum absolute atomic E-state index is 0.253. The molecular formula is C20H19ClF2N4. The monoisotopic (exact) mass is 388 g/mol. The Morgan fingerprint density at radius 3 is 2.70 bits per heavy atom. The summed E-state index contributed by atoms with van der Waals surface area (Å²) in [6.07, 6.45) is 7.41. The van der Waals surface area contributed by atoms with Gasteiger partial charge in [0, 0.05) is 28.9 Å². The van der Waals surface area contributed by atoms with E-state index in [4.69, 9.17) is 11.6 Å². The number of allylic oxidation sites excluding steroid dienone is 1. The van der Waals surface area contributed by atoms with Crippen LogP contribution in [0.25, 0.3) is 10.9 Å². The van der Waals surface area contributed by atoms with Crippen LogP contribution in [-0.2, 0) is 0 Å². The van der Waals surface area contributed by atoms with Crippen LogP contribution in [0, 0.1) is 11.3 Å². The van der Waals surface area contributed by atoms with Gasteiger partial charge in [-0.25, -0.2) is 8.78 Å². The second kappa shape index (κ2) is 7.32. The fraction of sp³-hybridized carbons (Fsp3) is 0.400. The SMILES string of the molecule is N#Cc1c(C2N=CC=CN2C(CF)CF)n(C2CCC2)c2ccc(Cl)cc12. The van der Waals surface area contributed by atoms with Gasteiger partial charge in [-0.05, 0) is 43.5 Å². The van der Waals surface area contributed by atoms with Crippen molar-refractivity contribution in [3.8, 4) is 6.07 Å². The average molecular weight is 389 g/mol. The minimum Gasteiger partial charge on any atom is -0.343 e. The summed E-state index contributed by atoms with van der Waals surface area (Å²) in [4.78, 5) is 6.08. The second-order valence-electron chi connectivity index (χ2n) is 6.91. The summed E-state index contributed by atoms with van der Waals surface area (Å²) in [7, 11) is 0. The van der Waals surface area contributed by atoms with E-state index in [2.05, 4.69) is 15.6 Å². The summed E-state index contributed by atoms with van der Waals surface area (Å²) in [5.74, 6) is 0. The number of nitriles is 1. The first-order valence-electron chi connectivity index (χ1n) is 9.02. The van der Waals surface area contributed by atoms with Crippen molar-refractivity contribution in [3.05, 3.63) is 46.8 Å². The molecule has 1 aliphatic carbocycles. The third-order valence-electron chi connectivity index (χ3n) is 5.43. The summed E-state index contributed by atoms with van der Waals surface area (Å²) >= 11 is 6.18. The molecule has 1 fully saturated rings. The van der Waals surface area contributed by atoms with Crippen LogP contribution >= 0.6 is 11.6 Å². The van der Waals surface area contributed by atoms with Crippen molar-refractivity contribution in [2.24, 2.45) is 4.99 Å². The molecule has 0 amide bonds. The van der Waals surface area contributed by atoms with Crippen molar-refractivity contribution < 1.29 is 8.78 Å². The molecule has 2 aliphatic rings. The van der Waals surface area contributed by atoms with E-state index in [0.29, 0.717) is 16.3 Å². The Bertz CT molecular complexity index is 951. The van der Waals surface area contributed by atoms with Gasteiger partial charge in [-0.3, -0.25) is 4.99 Å². The van der Waals surface area contributed by atoms with E-state index < -0.39 is 25.6 Å². The molecule has 1 aromatic carbocycles. The van der Waals surface area contributed by atoms with E-state index in [9.17, 15) is 14.0 Å². The largest absolute Gasteiger partial charge is 0.343 e. The quantitative estimate of drug-likeness (QED) is 0.715. The second-order valence-corrected chi connectivity index (χ2v) is 7.35. The highest BCUT2D eigenvalue weighted by molar-refractivity contribution is 6.31. The van der Waals surface area contributed by atoms with Crippen LogP contribution in [0.3, 0.4) is 0 Å². The molecule has 1 aliphatic heterocycles. The number of benzene rings is 1. The van der Waals surface area contributed by atoms with Crippen LogP contribution in [-0.4, -0.2) is 35.1 Å². The molecule has 7 heteroatoms. The Kier molecular flexibility index (Phi) is 4.88. The fourth-order valence-corrected chi connectivity index (χ4v) is 4.05. The molecule has 0 spiro atoms. The number of hydrogen-bond acceptors (Lipinski definition) is 3. The maximum Gasteiger partial charge on any atom is 0.163 e. The van der Waals surface area contributed by atoms with Crippen molar-refractivity contribution >= 4 is 28.7 Å². The van der Waals surface area contributed by atoms with Crippen LogP contribution in [0.5, 0.6) is 0 Å². The van der Waals surface area contributed by atoms with Crippen LogP contribution < -0.4 is 0 Å². The Hall–Kier alpha value is -2.39. The molecule has 1 atom stereocenters. The average Bonchev–Trinajstić information content (AvgIpc) is 2.95. The third-order valence-corrected chi connectivity index (χ3v) is 5.67. The number of nitrogens with zero attached hydrogens (tertiary/aromatic N) is 4. The standard InChI is InChI=1S/C20H19ClF2N4/c21-13-5-6-18-16(9-13)17(12-24)19(27(18)14-3-1-4-14)20-25-7-2-8-26(20)15(10-22)11-23/h2,5-9,14-15,20H,1,3-4,10-11H2. The van der Waals surface area contributed by atoms with Gasteiger partial charge in [0.2, 0.25) is 0 Å². The van der Waals surface area contributed by atoms with Gasteiger partial charge >= 0.3 is 0 Å². The highest BCUT2D eigenvalue weighted by Gasteiger charge is 2.35. The zero-order valence-corrected chi connectivity index (χ0v) is 15.4. The van der Waals surface area contributed by atoms with Gasteiger partial charge in [0.25, 0.3) is 0 Å². The number of aliphatic imine (C=N–C) groups is 1. The summed E-state index contributed by atoms with van der Waals surface area (Å²) in [5.41, 5.74) is 2.07. The van der Waals surface area contributed by atoms with Crippen LogP contribution in [0.4, 0.5) is 8.78 Å². The van der Waals surface area contributed by atoms with Gasteiger partial charge in [-0.2, -0.15) is 5.26 Å². The molecule has 27 heavy (non-hydrogen) atoms. The van der Waals surface area contributed by atoms with Crippen LogP contribution in [0.2, 0.25) is 5.02 Å². The summed E-state index contributed by atoms with van der Waals surface area (Å²) in [6, 6.07) is 7.10. The van der Waals surface area contributed by atoms with Gasteiger partial charge in [-0.1, -0.05) is 11.6 Å². The molecule has 0 radical (unpaired) electrons. The van der Waals surface area contributed by atoms with Crippen molar-refractivity contribution in [2.75, 3.05) is 13.3 Å². The lowest BCUT2D eigenvalue weighted by Gasteiger charge is -2.37. The molecule has 140 valence electrons. The highest BCUT2D eigenvalue weighted by atomic mass is 35.5. The minimum atomic E-state index is -0.938. The van der Waals surface area contributed by atoms with Gasteiger partial charge in [0.1, 0.15) is 19.4 Å². The summed E-state index contributed by atoms with van der Waals surface area (Å²) < 4.78 is 29.0. The van der Waals surface area contributed by atoms with Crippen molar-refractivity contribution in [1.29, 1.82) is 5.26 Å². The van der Waals surface area contributed by atoms with Gasteiger partial charge in [-0.15, -0.1) is 0 Å². The molecule has 4 nitrogen and oxygen atoms in total. The van der Waals surface area contributed by atoms with Crippen molar-refractivity contribution in [3.63, 3.8) is 0 Å². The first-order valence-corrected chi connectivity index (χ1v) is 9.40. The first kappa shape index (κ1) is 18.0. The predicted octanol–water partition coefficient (Wildman–Crippen LogP) is 5.10. The third kappa shape index (κ3) is 2.90. The lowest BCUT2D eigenvalue weighted by molar-refractivity contribution is 0.140. The van der Waals surface area contributed by atoms with Crippen LogP contribution in [0.1, 0.15) is 42.7 Å². The number of aromatic nitrogens is 1. The van der Waals surface area contributed by atoms with Gasteiger partial charge < -0.3 is 9.47 Å². The molecule has 1 saturated carbocycles. The van der Waals surface area contributed by atoms with Crippen molar-refractivity contribution in [1.82, 2.24) is 9.47 Å². The topological polar surface area (TPSA) is 44.3 Å². The Balaban J connectivity index is 1.95. The molecule has 2 aromatic rings. The summed E-state index contributed by atoms with van der Waals surface area (Å²) in [5, 5.41) is 11.2. The maximum atomic E-state index is 13.5. The zero-order chi connectivity index (χ0) is 19.0. The maximum absolute atomic E-state index is 13.5. The Labute approximate surface area is 161 Å². The zero-order valence-electron chi connectivity index (χ0n) is 14.7. The number of alkyl halides is 2. The molecular weight excluding hydrogens is 370 g/mol. The lowest BCUT2D eigenvalue weighted by atomic mass is 9.92. The molecule has 2 heterocycles. The fourth-order valence-electron chi connectivity index (χ4n) is 3.88. The number of halogens is 3. The van der Waals surface area contributed by atoms with E-state index in [1.165, 1.54) is 0 Å². The molecule has 0 bridgehead atoms. The Morgan fingerprint density at radius 2 is 2.07 bits per heavy atom. The van der Waals surface area contributed by atoms with Crippen LogP contribution in [0.15, 0.2) is 35.5 Å². The first-order chi connectivity index (χ1) is 13.2. The Morgan fingerprint density at radius 1 is 1.30 bits per heavy atom. The highest BCUT2D eigenvalue weighted by Crippen LogP contribution is 2.43. The summed E-state index contributed by atoms with van der Waals surface area (Å²) in [6.45, 7) is -1.66. The van der Waals surface area contributed by atoms with E-state index in [1.807, 2.05) is 6.07 Å². The van der Waals surface area contributed by atoms with Gasteiger partial charge in [0.15, 0.2) is 6.17 Å². The van der Waals surface area contributed by atoms with E-state index in [1.54, 1.807) is 35.5 Å². The van der Waals surface area contributed by atoms with Crippen molar-refractivity contribution in [2.45, 2.75) is 37.5 Å².